The highest BCUT2D eigenvalue weighted by Gasteiger charge is 2.22. The zero-order valence-electron chi connectivity index (χ0n) is 16.0. The number of ether oxygens (including phenoxy) is 2. The van der Waals surface area contributed by atoms with Gasteiger partial charge in [-0.2, -0.15) is 0 Å². The Kier molecular flexibility index (Phi) is 5.99. The second-order valence-electron chi connectivity index (χ2n) is 6.07. The number of imide groups is 1. The predicted molar refractivity (Wildman–Crippen MR) is 97.9 cm³/mol. The smallest absolute Gasteiger partial charge is 0.308 e. The van der Waals surface area contributed by atoms with Gasteiger partial charge in [-0.3, -0.25) is 28.6 Å². The molecule has 8 nitrogen and oxygen atoms in total. The first-order valence-corrected chi connectivity index (χ1v) is 8.36. The van der Waals surface area contributed by atoms with Crippen molar-refractivity contribution in [3.8, 4) is 11.5 Å². The van der Waals surface area contributed by atoms with Gasteiger partial charge in [0.15, 0.2) is 11.5 Å². The average Bonchev–Trinajstić information content (AvgIpc) is 2.93. The van der Waals surface area contributed by atoms with Crippen LogP contribution in [0.1, 0.15) is 38.1 Å². The number of nitrogens with zero attached hydrogens (tertiary/aromatic N) is 2. The molecule has 0 aliphatic carbocycles. The van der Waals surface area contributed by atoms with Crippen LogP contribution >= 0.6 is 0 Å². The van der Waals surface area contributed by atoms with Crippen molar-refractivity contribution in [2.24, 2.45) is 0 Å². The van der Waals surface area contributed by atoms with E-state index in [1.807, 2.05) is 0 Å². The first-order valence-electron chi connectivity index (χ1n) is 8.36. The fraction of sp³-hybridized carbons (Fsp3) is 0.368. The summed E-state index contributed by atoms with van der Waals surface area (Å²) in [7, 11) is 1.45. The van der Waals surface area contributed by atoms with Crippen LogP contribution in [0.15, 0.2) is 18.3 Å². The molecule has 0 aliphatic rings. The third-order valence-corrected chi connectivity index (χ3v) is 4.14. The Balaban J connectivity index is 2.63. The lowest BCUT2D eigenvalue weighted by atomic mass is 10.1. The Morgan fingerprint density at radius 1 is 1.04 bits per heavy atom. The van der Waals surface area contributed by atoms with Crippen LogP contribution in [0.2, 0.25) is 0 Å². The topological polar surface area (TPSA) is 94.9 Å². The van der Waals surface area contributed by atoms with Crippen LogP contribution in [0.5, 0.6) is 11.5 Å². The molecule has 1 heterocycles. The maximum Gasteiger partial charge on any atom is 0.308 e. The van der Waals surface area contributed by atoms with Crippen molar-refractivity contribution in [3.05, 3.63) is 23.9 Å². The number of amides is 2. The van der Waals surface area contributed by atoms with E-state index < -0.39 is 5.97 Å². The molecular weight excluding hydrogens is 352 g/mol. The Morgan fingerprint density at radius 3 is 2.15 bits per heavy atom. The summed E-state index contributed by atoms with van der Waals surface area (Å²) in [5.74, 6) is -0.937. The summed E-state index contributed by atoms with van der Waals surface area (Å²) in [6, 6.07) is 3.31. The summed E-state index contributed by atoms with van der Waals surface area (Å²) >= 11 is 0. The minimum atomic E-state index is -0.531. The summed E-state index contributed by atoms with van der Waals surface area (Å²) in [6.45, 7) is 5.45. The first-order chi connectivity index (χ1) is 12.7. The van der Waals surface area contributed by atoms with Crippen molar-refractivity contribution < 1.29 is 28.7 Å². The molecular formula is C19H22N2O6. The summed E-state index contributed by atoms with van der Waals surface area (Å²) in [5, 5.41) is 0.534. The highest BCUT2D eigenvalue weighted by atomic mass is 16.6. The third kappa shape index (κ3) is 4.16. The maximum atomic E-state index is 12.0. The second kappa shape index (κ2) is 8.03. The van der Waals surface area contributed by atoms with E-state index in [1.165, 1.54) is 39.4 Å². The van der Waals surface area contributed by atoms with Crippen molar-refractivity contribution in [1.29, 1.82) is 0 Å². The summed E-state index contributed by atoms with van der Waals surface area (Å²) in [6.07, 6.45) is 1.91. The van der Waals surface area contributed by atoms with Gasteiger partial charge in [0.1, 0.15) is 0 Å². The number of hydrogen-bond acceptors (Lipinski definition) is 6. The normalized spacial score (nSPS) is 10.6. The van der Waals surface area contributed by atoms with Crippen molar-refractivity contribution in [2.75, 3.05) is 13.7 Å². The Hall–Kier alpha value is -3.16. The van der Waals surface area contributed by atoms with Gasteiger partial charge in [0.25, 0.3) is 0 Å². The summed E-state index contributed by atoms with van der Waals surface area (Å²) < 4.78 is 12.1. The molecule has 2 rings (SSSR count). The Labute approximate surface area is 156 Å². The average molecular weight is 374 g/mol. The van der Waals surface area contributed by atoms with Crippen LogP contribution in [0.3, 0.4) is 0 Å². The number of carbonyl (C=O) groups is 4. The number of carbonyl (C=O) groups excluding carboxylic acids is 4. The van der Waals surface area contributed by atoms with Gasteiger partial charge in [0.2, 0.25) is 17.7 Å². The predicted octanol–water partition coefficient (Wildman–Crippen LogP) is 2.17. The van der Waals surface area contributed by atoms with E-state index in [4.69, 9.17) is 9.47 Å². The number of fused-ring (bicyclic) bond motifs is 1. The van der Waals surface area contributed by atoms with Crippen LogP contribution in [-0.2, 0) is 20.8 Å². The third-order valence-electron chi connectivity index (χ3n) is 4.14. The SMILES string of the molecule is COc1ccc2c(c(CCN(C(C)=O)C(C)=O)cn2C(C)=O)c1OC(C)=O. The molecule has 0 bridgehead atoms. The molecule has 0 spiro atoms. The molecule has 0 N–H and O–H groups in total. The highest BCUT2D eigenvalue weighted by molar-refractivity contribution is 5.99. The molecule has 144 valence electrons. The molecule has 0 aliphatic heterocycles. The van der Waals surface area contributed by atoms with E-state index in [0.29, 0.717) is 22.2 Å². The lowest BCUT2D eigenvalue weighted by Crippen LogP contribution is -2.34. The molecule has 1 aromatic carbocycles. The van der Waals surface area contributed by atoms with Crippen LogP contribution in [-0.4, -0.2) is 46.8 Å². The monoisotopic (exact) mass is 374 g/mol. The first kappa shape index (κ1) is 20.2. The lowest BCUT2D eigenvalue weighted by molar-refractivity contribution is -0.142. The maximum absolute atomic E-state index is 12.0. The van der Waals surface area contributed by atoms with Gasteiger partial charge in [-0.15, -0.1) is 0 Å². The van der Waals surface area contributed by atoms with E-state index >= 15 is 0 Å². The number of benzene rings is 1. The number of methoxy groups -OCH3 is 1. The van der Waals surface area contributed by atoms with Crippen molar-refractivity contribution in [2.45, 2.75) is 34.1 Å². The zero-order chi connectivity index (χ0) is 20.3. The van der Waals surface area contributed by atoms with Gasteiger partial charge >= 0.3 is 5.97 Å². The Bertz CT molecular complexity index is 914. The van der Waals surface area contributed by atoms with Gasteiger partial charge in [0.05, 0.1) is 18.0 Å². The molecule has 27 heavy (non-hydrogen) atoms. The quantitative estimate of drug-likeness (QED) is 0.588. The molecule has 1 aromatic heterocycles. The number of rotatable bonds is 5. The summed E-state index contributed by atoms with van der Waals surface area (Å²) in [5.41, 5.74) is 1.20. The van der Waals surface area contributed by atoms with Crippen LogP contribution in [0, 0.1) is 0 Å². The van der Waals surface area contributed by atoms with Gasteiger partial charge in [-0.1, -0.05) is 0 Å². The Morgan fingerprint density at radius 2 is 1.67 bits per heavy atom. The minimum Gasteiger partial charge on any atom is -0.493 e. The molecule has 2 amide bonds. The summed E-state index contributed by atoms with van der Waals surface area (Å²) in [4.78, 5) is 48.0. The zero-order valence-corrected chi connectivity index (χ0v) is 16.0. The lowest BCUT2D eigenvalue weighted by Gasteiger charge is -2.17. The van der Waals surface area contributed by atoms with E-state index in [2.05, 4.69) is 0 Å². The van der Waals surface area contributed by atoms with Crippen LogP contribution in [0.4, 0.5) is 0 Å². The van der Waals surface area contributed by atoms with Gasteiger partial charge in [-0.25, -0.2) is 0 Å². The molecule has 0 unspecified atom stereocenters. The van der Waals surface area contributed by atoms with Crippen LogP contribution < -0.4 is 9.47 Å². The molecule has 0 saturated carbocycles. The van der Waals surface area contributed by atoms with Gasteiger partial charge < -0.3 is 9.47 Å². The van der Waals surface area contributed by atoms with Crippen molar-refractivity contribution in [1.82, 2.24) is 9.47 Å². The number of aromatic nitrogens is 1. The second-order valence-corrected chi connectivity index (χ2v) is 6.07. The van der Waals surface area contributed by atoms with Gasteiger partial charge in [0, 0.05) is 40.4 Å². The molecule has 0 radical (unpaired) electrons. The van der Waals surface area contributed by atoms with Gasteiger partial charge in [-0.05, 0) is 24.1 Å². The van der Waals surface area contributed by atoms with Crippen LogP contribution in [0.25, 0.3) is 10.9 Å². The number of esters is 1. The molecule has 0 atom stereocenters. The fourth-order valence-corrected chi connectivity index (χ4v) is 2.98. The van der Waals surface area contributed by atoms with Crippen molar-refractivity contribution in [3.63, 3.8) is 0 Å². The van der Waals surface area contributed by atoms with Crippen molar-refractivity contribution >= 4 is 34.6 Å². The number of hydrogen-bond donors (Lipinski definition) is 0. The molecule has 8 heteroatoms. The molecule has 0 saturated heterocycles. The van der Waals surface area contributed by atoms with E-state index in [0.717, 1.165) is 4.90 Å². The molecule has 2 aromatic rings. The highest BCUT2D eigenvalue weighted by Crippen LogP contribution is 2.39. The van der Waals surface area contributed by atoms with E-state index in [-0.39, 0.29) is 36.4 Å². The minimum absolute atomic E-state index is 0.137. The van der Waals surface area contributed by atoms with E-state index in [9.17, 15) is 19.2 Å². The fourth-order valence-electron chi connectivity index (χ4n) is 2.98. The van der Waals surface area contributed by atoms with E-state index in [1.54, 1.807) is 18.3 Å². The molecule has 0 fully saturated rings. The largest absolute Gasteiger partial charge is 0.493 e. The standard InChI is InChI=1S/C19H22N2O6/c1-11(22)20(12(2)23)9-8-15-10-21(13(3)24)16-6-7-17(26-5)19(18(15)16)27-14(4)25/h6-7,10H,8-9H2,1-5H3.